The Morgan fingerprint density at radius 2 is 1.71 bits per heavy atom. The first-order valence-corrected chi connectivity index (χ1v) is 11.0. The summed E-state index contributed by atoms with van der Waals surface area (Å²) >= 11 is 0. The number of nitrogens with zero attached hydrogens (tertiary/aromatic N) is 2. The minimum Gasteiger partial charge on any atom is -0.450 e. The molecule has 0 saturated carbocycles. The van der Waals surface area contributed by atoms with Gasteiger partial charge in [0, 0.05) is 24.3 Å². The molecule has 1 aliphatic heterocycles. The number of nitrogens with one attached hydrogen (secondary N) is 1. The molecular weight excluding hydrogens is 441 g/mol. The van der Waals surface area contributed by atoms with Crippen molar-refractivity contribution in [1.29, 1.82) is 0 Å². The third kappa shape index (κ3) is 5.03. The van der Waals surface area contributed by atoms with Crippen molar-refractivity contribution in [2.75, 3.05) is 18.0 Å². The standard InChI is InChI=1S/C25H26FN3O5/c1-15-11-16(2)13-20(12-15)28-9-7-18(8-10-28)17-3-5-19(6-4-17)23(34-25(32)33)29-14-21(26)22(30)27-24(29)31/h3-6,11-14,18,23H,7-10H2,1-2H3,(H,32,33)(H,27,30,31). The van der Waals surface area contributed by atoms with Gasteiger partial charge in [-0.3, -0.25) is 14.3 Å². The predicted octanol–water partition coefficient (Wildman–Crippen LogP) is 3.92. The molecule has 178 valence electrons. The normalized spacial score (nSPS) is 15.2. The fourth-order valence-electron chi connectivity index (χ4n) is 4.55. The Kier molecular flexibility index (Phi) is 6.54. The zero-order valence-corrected chi connectivity index (χ0v) is 19.0. The summed E-state index contributed by atoms with van der Waals surface area (Å²) in [5.41, 5.74) is 3.00. The van der Waals surface area contributed by atoms with Crippen molar-refractivity contribution < 1.29 is 19.0 Å². The highest BCUT2D eigenvalue weighted by Crippen LogP contribution is 2.32. The molecule has 1 unspecified atom stereocenters. The molecule has 0 radical (unpaired) electrons. The highest BCUT2D eigenvalue weighted by Gasteiger charge is 2.24. The molecule has 34 heavy (non-hydrogen) atoms. The molecule has 0 aliphatic carbocycles. The second-order valence-corrected chi connectivity index (χ2v) is 8.65. The lowest BCUT2D eigenvalue weighted by Crippen LogP contribution is -2.35. The summed E-state index contributed by atoms with van der Waals surface area (Å²) in [6, 6.07) is 13.6. The Hall–Kier alpha value is -3.88. The van der Waals surface area contributed by atoms with Gasteiger partial charge in [-0.05, 0) is 61.4 Å². The lowest BCUT2D eigenvalue weighted by molar-refractivity contribution is 0.0356. The average Bonchev–Trinajstić information content (AvgIpc) is 2.80. The van der Waals surface area contributed by atoms with Crippen LogP contribution in [0.5, 0.6) is 0 Å². The minimum absolute atomic E-state index is 0.336. The number of carboxylic acid groups (broad SMARTS) is 1. The summed E-state index contributed by atoms with van der Waals surface area (Å²) in [7, 11) is 0. The molecule has 0 bridgehead atoms. The number of aryl methyl sites for hydroxylation is 2. The quantitative estimate of drug-likeness (QED) is 0.551. The maximum atomic E-state index is 13.8. The topological polar surface area (TPSA) is 105 Å². The van der Waals surface area contributed by atoms with Crippen LogP contribution >= 0.6 is 0 Å². The van der Waals surface area contributed by atoms with Crippen molar-refractivity contribution in [3.05, 3.63) is 97.6 Å². The van der Waals surface area contributed by atoms with Crippen molar-refractivity contribution in [1.82, 2.24) is 9.55 Å². The molecule has 0 spiro atoms. The molecular formula is C25H26FN3O5. The Morgan fingerprint density at radius 1 is 1.09 bits per heavy atom. The van der Waals surface area contributed by atoms with E-state index in [2.05, 4.69) is 36.9 Å². The molecule has 1 aliphatic rings. The number of halogens is 1. The number of carbonyl (C=O) groups is 1. The lowest BCUT2D eigenvalue weighted by atomic mass is 9.88. The maximum absolute atomic E-state index is 13.8. The van der Waals surface area contributed by atoms with Crippen LogP contribution in [0.25, 0.3) is 0 Å². The van der Waals surface area contributed by atoms with Gasteiger partial charge in [-0.25, -0.2) is 9.59 Å². The molecule has 1 atom stereocenters. The van der Waals surface area contributed by atoms with E-state index in [1.807, 2.05) is 17.1 Å². The minimum atomic E-state index is -1.63. The SMILES string of the molecule is Cc1cc(C)cc(N2CCC(c3ccc(C(OC(=O)O)n4cc(F)c(=O)[nH]c4=O)cc3)CC2)c1. The van der Waals surface area contributed by atoms with E-state index in [1.165, 1.54) is 16.8 Å². The van der Waals surface area contributed by atoms with E-state index < -0.39 is 29.4 Å². The number of aromatic nitrogens is 2. The average molecular weight is 467 g/mol. The summed E-state index contributed by atoms with van der Waals surface area (Å²) in [4.78, 5) is 38.9. The number of ether oxygens (including phenoxy) is 1. The first-order chi connectivity index (χ1) is 16.2. The molecule has 0 amide bonds. The molecule has 9 heteroatoms. The number of aromatic amines is 1. The molecule has 1 fully saturated rings. The molecule has 2 aromatic carbocycles. The van der Waals surface area contributed by atoms with Crippen molar-refractivity contribution in [3.63, 3.8) is 0 Å². The number of piperidine rings is 1. The van der Waals surface area contributed by atoms with Crippen molar-refractivity contribution in [2.45, 2.75) is 38.8 Å². The number of rotatable bonds is 5. The van der Waals surface area contributed by atoms with Crippen molar-refractivity contribution >= 4 is 11.8 Å². The Bertz CT molecular complexity index is 1290. The fourth-order valence-corrected chi connectivity index (χ4v) is 4.55. The van der Waals surface area contributed by atoms with E-state index in [-0.39, 0.29) is 0 Å². The van der Waals surface area contributed by atoms with E-state index in [1.54, 1.807) is 12.1 Å². The van der Waals surface area contributed by atoms with Crippen LogP contribution in [0.4, 0.5) is 14.9 Å². The first-order valence-electron chi connectivity index (χ1n) is 11.0. The zero-order valence-electron chi connectivity index (χ0n) is 19.0. The lowest BCUT2D eigenvalue weighted by Gasteiger charge is -2.34. The number of hydrogen-bond acceptors (Lipinski definition) is 5. The Morgan fingerprint density at radius 3 is 2.29 bits per heavy atom. The highest BCUT2D eigenvalue weighted by atomic mass is 19.1. The molecule has 4 rings (SSSR count). The summed E-state index contributed by atoms with van der Waals surface area (Å²) in [6.45, 7) is 6.04. The van der Waals surface area contributed by atoms with Crippen LogP contribution < -0.4 is 16.1 Å². The van der Waals surface area contributed by atoms with Gasteiger partial charge < -0.3 is 14.7 Å². The van der Waals surface area contributed by atoms with Crippen LogP contribution in [0.3, 0.4) is 0 Å². The second kappa shape index (κ2) is 9.54. The van der Waals surface area contributed by atoms with Crippen molar-refractivity contribution in [2.24, 2.45) is 0 Å². The van der Waals surface area contributed by atoms with Gasteiger partial charge in [0.25, 0.3) is 5.56 Å². The molecule has 1 saturated heterocycles. The third-order valence-corrected chi connectivity index (χ3v) is 6.15. The Balaban J connectivity index is 1.51. The fraction of sp³-hybridized carbons (Fsp3) is 0.320. The van der Waals surface area contributed by atoms with Gasteiger partial charge in [0.1, 0.15) is 0 Å². The van der Waals surface area contributed by atoms with Gasteiger partial charge in [0.2, 0.25) is 12.0 Å². The van der Waals surface area contributed by atoms with Gasteiger partial charge >= 0.3 is 11.8 Å². The van der Waals surface area contributed by atoms with Crippen LogP contribution in [-0.4, -0.2) is 33.9 Å². The van der Waals surface area contributed by atoms with Crippen LogP contribution in [0.2, 0.25) is 0 Å². The number of hydrogen-bond donors (Lipinski definition) is 2. The van der Waals surface area contributed by atoms with E-state index in [0.29, 0.717) is 22.2 Å². The van der Waals surface area contributed by atoms with Gasteiger partial charge in [-0.15, -0.1) is 0 Å². The summed E-state index contributed by atoms with van der Waals surface area (Å²) < 4.78 is 19.3. The van der Waals surface area contributed by atoms with E-state index in [4.69, 9.17) is 9.84 Å². The van der Waals surface area contributed by atoms with Crippen molar-refractivity contribution in [3.8, 4) is 0 Å². The monoisotopic (exact) mass is 467 g/mol. The predicted molar refractivity (Wildman–Crippen MR) is 125 cm³/mol. The molecule has 2 heterocycles. The van der Waals surface area contributed by atoms with Gasteiger partial charge in [-0.1, -0.05) is 30.3 Å². The smallest absolute Gasteiger partial charge is 0.450 e. The number of H-pyrrole nitrogens is 1. The molecule has 2 N–H and O–H groups in total. The van der Waals surface area contributed by atoms with Crippen LogP contribution in [0, 0.1) is 19.7 Å². The number of benzene rings is 2. The van der Waals surface area contributed by atoms with Crippen LogP contribution in [0.1, 0.15) is 47.2 Å². The summed E-state index contributed by atoms with van der Waals surface area (Å²) in [5.74, 6) is -0.880. The highest BCUT2D eigenvalue weighted by molar-refractivity contribution is 5.57. The van der Waals surface area contributed by atoms with Gasteiger partial charge in [0.05, 0.1) is 6.20 Å². The van der Waals surface area contributed by atoms with Crippen LogP contribution in [-0.2, 0) is 4.74 Å². The van der Waals surface area contributed by atoms with Gasteiger partial charge in [-0.2, -0.15) is 4.39 Å². The maximum Gasteiger partial charge on any atom is 0.507 e. The van der Waals surface area contributed by atoms with E-state index in [9.17, 15) is 18.8 Å². The van der Waals surface area contributed by atoms with E-state index >= 15 is 0 Å². The second-order valence-electron chi connectivity index (χ2n) is 8.65. The largest absolute Gasteiger partial charge is 0.507 e. The first kappa shape index (κ1) is 23.3. The molecule has 3 aromatic rings. The molecule has 8 nitrogen and oxygen atoms in total. The third-order valence-electron chi connectivity index (χ3n) is 6.15. The Labute approximate surface area is 195 Å². The zero-order chi connectivity index (χ0) is 24.4. The van der Waals surface area contributed by atoms with Crippen LogP contribution in [0.15, 0.2) is 58.3 Å². The number of anilines is 1. The molecule has 1 aromatic heterocycles. The van der Waals surface area contributed by atoms with Gasteiger partial charge in [0.15, 0.2) is 0 Å². The van der Waals surface area contributed by atoms with E-state index in [0.717, 1.165) is 31.5 Å². The summed E-state index contributed by atoms with van der Waals surface area (Å²) in [5, 5.41) is 9.12. The summed E-state index contributed by atoms with van der Waals surface area (Å²) in [6.07, 6.45) is -0.494.